The summed E-state index contributed by atoms with van der Waals surface area (Å²) in [6.07, 6.45) is 1.34. The van der Waals surface area contributed by atoms with E-state index in [4.69, 9.17) is 4.74 Å². The number of carbonyl (C=O) groups is 1. The third kappa shape index (κ3) is 5.36. The second-order valence-corrected chi connectivity index (χ2v) is 5.59. The van der Waals surface area contributed by atoms with Gasteiger partial charge in [-0.3, -0.25) is 4.79 Å². The Balaban J connectivity index is 1.67. The standard InChI is InChI=1S/C16H25N3O2/c1-19(2)15-5-3-13(4-6-15)7-8-18-16(20)11-14-12-21-10-9-17-14/h3-6,14,17H,7-12H2,1-2H3,(H,18,20). The molecule has 5 heteroatoms. The van der Waals surface area contributed by atoms with Crippen molar-refractivity contribution in [2.45, 2.75) is 18.9 Å². The van der Waals surface area contributed by atoms with Crippen molar-refractivity contribution >= 4 is 11.6 Å². The molecule has 1 aliphatic rings. The second kappa shape index (κ2) is 8.00. The molecule has 1 unspecified atom stereocenters. The minimum Gasteiger partial charge on any atom is -0.378 e. The van der Waals surface area contributed by atoms with Crippen molar-refractivity contribution in [1.29, 1.82) is 0 Å². The Kier molecular flexibility index (Phi) is 6.02. The monoisotopic (exact) mass is 291 g/mol. The average Bonchev–Trinajstić information content (AvgIpc) is 2.49. The molecule has 5 nitrogen and oxygen atoms in total. The van der Waals surface area contributed by atoms with Gasteiger partial charge in [-0.15, -0.1) is 0 Å². The van der Waals surface area contributed by atoms with E-state index >= 15 is 0 Å². The average molecular weight is 291 g/mol. The first kappa shape index (κ1) is 15.8. The van der Waals surface area contributed by atoms with Crippen LogP contribution in [0.1, 0.15) is 12.0 Å². The van der Waals surface area contributed by atoms with Gasteiger partial charge in [0.25, 0.3) is 0 Å². The first-order valence-electron chi connectivity index (χ1n) is 7.49. The van der Waals surface area contributed by atoms with Gasteiger partial charge in [-0.1, -0.05) is 12.1 Å². The molecule has 116 valence electrons. The maximum atomic E-state index is 11.8. The number of anilines is 1. The predicted octanol–water partition coefficient (Wildman–Crippen LogP) is 0.790. The number of hydrogen-bond donors (Lipinski definition) is 2. The molecule has 0 radical (unpaired) electrons. The SMILES string of the molecule is CN(C)c1ccc(CCNC(=O)CC2COCCN2)cc1. The first-order chi connectivity index (χ1) is 10.1. The number of benzene rings is 1. The number of morpholine rings is 1. The predicted molar refractivity (Wildman–Crippen MR) is 84.7 cm³/mol. The molecule has 1 aromatic rings. The van der Waals surface area contributed by atoms with Crippen molar-refractivity contribution in [3.05, 3.63) is 29.8 Å². The van der Waals surface area contributed by atoms with Gasteiger partial charge in [0.2, 0.25) is 5.91 Å². The first-order valence-corrected chi connectivity index (χ1v) is 7.49. The Morgan fingerprint density at radius 2 is 2.14 bits per heavy atom. The quantitative estimate of drug-likeness (QED) is 0.814. The second-order valence-electron chi connectivity index (χ2n) is 5.59. The molecule has 0 spiro atoms. The molecule has 1 atom stereocenters. The lowest BCUT2D eigenvalue weighted by atomic mass is 10.1. The highest BCUT2D eigenvalue weighted by molar-refractivity contribution is 5.76. The van der Waals surface area contributed by atoms with Crippen LogP contribution in [-0.2, 0) is 16.0 Å². The van der Waals surface area contributed by atoms with Gasteiger partial charge in [0.15, 0.2) is 0 Å². The van der Waals surface area contributed by atoms with E-state index in [-0.39, 0.29) is 11.9 Å². The van der Waals surface area contributed by atoms with Crippen LogP contribution in [0.2, 0.25) is 0 Å². The molecule has 1 heterocycles. The van der Waals surface area contributed by atoms with E-state index in [9.17, 15) is 4.79 Å². The molecule has 21 heavy (non-hydrogen) atoms. The Morgan fingerprint density at radius 3 is 2.76 bits per heavy atom. The minimum atomic E-state index is 0.0860. The fourth-order valence-electron chi connectivity index (χ4n) is 2.35. The van der Waals surface area contributed by atoms with E-state index in [2.05, 4.69) is 39.8 Å². The number of nitrogens with one attached hydrogen (secondary N) is 2. The lowest BCUT2D eigenvalue weighted by Crippen LogP contribution is -2.44. The molecule has 0 aliphatic carbocycles. The van der Waals surface area contributed by atoms with Crippen LogP contribution in [0.25, 0.3) is 0 Å². The lowest BCUT2D eigenvalue weighted by Gasteiger charge is -2.23. The largest absolute Gasteiger partial charge is 0.378 e. The Bertz CT molecular complexity index is 439. The summed E-state index contributed by atoms with van der Waals surface area (Å²) < 4.78 is 5.34. The van der Waals surface area contributed by atoms with Crippen LogP contribution in [0.3, 0.4) is 0 Å². The molecule has 2 N–H and O–H groups in total. The van der Waals surface area contributed by atoms with E-state index < -0.39 is 0 Å². The third-order valence-electron chi connectivity index (χ3n) is 3.62. The van der Waals surface area contributed by atoms with Gasteiger partial charge in [-0.05, 0) is 24.1 Å². The van der Waals surface area contributed by atoms with Crippen LogP contribution in [0, 0.1) is 0 Å². The maximum absolute atomic E-state index is 11.8. The van der Waals surface area contributed by atoms with Crippen LogP contribution in [0.5, 0.6) is 0 Å². The highest BCUT2D eigenvalue weighted by Gasteiger charge is 2.16. The summed E-state index contributed by atoms with van der Waals surface area (Å²) in [5.74, 6) is 0.0860. The molecule has 0 bridgehead atoms. The number of rotatable bonds is 6. The van der Waals surface area contributed by atoms with Crippen LogP contribution in [0.15, 0.2) is 24.3 Å². The van der Waals surface area contributed by atoms with Crippen molar-refractivity contribution in [1.82, 2.24) is 10.6 Å². The van der Waals surface area contributed by atoms with Crippen LogP contribution >= 0.6 is 0 Å². The Hall–Kier alpha value is -1.59. The molecule has 1 saturated heterocycles. The topological polar surface area (TPSA) is 53.6 Å². The number of carbonyl (C=O) groups excluding carboxylic acids is 1. The van der Waals surface area contributed by atoms with Gasteiger partial charge in [-0.25, -0.2) is 0 Å². The van der Waals surface area contributed by atoms with E-state index in [0.717, 1.165) is 19.6 Å². The number of amides is 1. The van der Waals surface area contributed by atoms with E-state index in [1.54, 1.807) is 0 Å². The summed E-state index contributed by atoms with van der Waals surface area (Å²) in [5, 5.41) is 6.26. The molecule has 0 aromatic heterocycles. The van der Waals surface area contributed by atoms with Crippen molar-refractivity contribution in [2.24, 2.45) is 0 Å². The zero-order chi connectivity index (χ0) is 15.1. The smallest absolute Gasteiger partial charge is 0.221 e. The van der Waals surface area contributed by atoms with Gasteiger partial charge in [0.05, 0.1) is 13.2 Å². The van der Waals surface area contributed by atoms with Gasteiger partial charge in [-0.2, -0.15) is 0 Å². The molecular weight excluding hydrogens is 266 g/mol. The lowest BCUT2D eigenvalue weighted by molar-refractivity contribution is -0.122. The fourth-order valence-corrected chi connectivity index (χ4v) is 2.35. The van der Waals surface area contributed by atoms with Crippen molar-refractivity contribution in [2.75, 3.05) is 45.3 Å². The molecule has 1 fully saturated rings. The molecule has 1 amide bonds. The van der Waals surface area contributed by atoms with Gasteiger partial charge in [0, 0.05) is 45.3 Å². The summed E-state index contributed by atoms with van der Waals surface area (Å²) in [7, 11) is 4.05. The highest BCUT2D eigenvalue weighted by Crippen LogP contribution is 2.12. The van der Waals surface area contributed by atoms with E-state index in [0.29, 0.717) is 19.6 Å². The van der Waals surface area contributed by atoms with E-state index in [1.165, 1.54) is 11.3 Å². The Morgan fingerprint density at radius 1 is 1.38 bits per heavy atom. The fraction of sp³-hybridized carbons (Fsp3) is 0.562. The van der Waals surface area contributed by atoms with Crippen molar-refractivity contribution < 1.29 is 9.53 Å². The summed E-state index contributed by atoms with van der Waals surface area (Å²) in [4.78, 5) is 13.9. The van der Waals surface area contributed by atoms with Crippen molar-refractivity contribution in [3.8, 4) is 0 Å². The zero-order valence-electron chi connectivity index (χ0n) is 12.9. The maximum Gasteiger partial charge on any atom is 0.221 e. The number of ether oxygens (including phenoxy) is 1. The Labute approximate surface area is 126 Å². The molecule has 1 aromatic carbocycles. The van der Waals surface area contributed by atoms with Gasteiger partial charge >= 0.3 is 0 Å². The zero-order valence-corrected chi connectivity index (χ0v) is 12.9. The summed E-state index contributed by atoms with van der Waals surface area (Å²) in [6.45, 7) is 2.87. The van der Waals surface area contributed by atoms with Crippen molar-refractivity contribution in [3.63, 3.8) is 0 Å². The highest BCUT2D eigenvalue weighted by atomic mass is 16.5. The molecule has 0 saturated carbocycles. The van der Waals surface area contributed by atoms with Gasteiger partial charge < -0.3 is 20.3 Å². The summed E-state index contributed by atoms with van der Waals surface area (Å²) in [5.41, 5.74) is 2.42. The summed E-state index contributed by atoms with van der Waals surface area (Å²) in [6, 6.07) is 8.56. The normalized spacial score (nSPS) is 18.3. The number of nitrogens with zero attached hydrogens (tertiary/aromatic N) is 1. The van der Waals surface area contributed by atoms with Crippen LogP contribution < -0.4 is 15.5 Å². The molecule has 1 aliphatic heterocycles. The van der Waals surface area contributed by atoms with Gasteiger partial charge in [0.1, 0.15) is 0 Å². The molecule has 2 rings (SSSR count). The molecular formula is C16H25N3O2. The van der Waals surface area contributed by atoms with Crippen LogP contribution in [-0.4, -0.2) is 52.3 Å². The van der Waals surface area contributed by atoms with Crippen LogP contribution in [0.4, 0.5) is 5.69 Å². The minimum absolute atomic E-state index is 0.0860. The number of hydrogen-bond acceptors (Lipinski definition) is 4. The van der Waals surface area contributed by atoms with E-state index in [1.807, 2.05) is 14.1 Å². The third-order valence-corrected chi connectivity index (χ3v) is 3.62. The summed E-state index contributed by atoms with van der Waals surface area (Å²) >= 11 is 0.